The van der Waals surface area contributed by atoms with Crippen LogP contribution in [-0.4, -0.2) is 18.1 Å². The number of rotatable bonds is 3. The van der Waals surface area contributed by atoms with Crippen molar-refractivity contribution in [2.24, 2.45) is 0 Å². The predicted octanol–water partition coefficient (Wildman–Crippen LogP) is 4.93. The fraction of sp³-hybridized carbons (Fsp3) is 0.250. The average Bonchev–Trinajstić information content (AvgIpc) is 3.10. The largest absolute Gasteiger partial charge is 0.317 e. The number of fused-ring (bicyclic) bond motifs is 1. The van der Waals surface area contributed by atoms with Crippen LogP contribution in [0.3, 0.4) is 0 Å². The number of piperidine rings is 1. The standard InChI is InChI=1S/C20H20N2S/c1-2-7-19-15(4-1)5-3-6-16(19)8-9-18-14-23-20(22-18)17-10-12-21-13-11-17/h1-9,14,17,21H,10-13H2/b9-8-. The van der Waals surface area contributed by atoms with E-state index in [4.69, 9.17) is 4.98 Å². The molecule has 1 aromatic heterocycles. The van der Waals surface area contributed by atoms with Crippen molar-refractivity contribution in [3.63, 3.8) is 0 Å². The summed E-state index contributed by atoms with van der Waals surface area (Å²) in [6, 6.07) is 15.0. The van der Waals surface area contributed by atoms with E-state index < -0.39 is 0 Å². The molecule has 2 heterocycles. The maximum atomic E-state index is 4.83. The van der Waals surface area contributed by atoms with E-state index in [1.54, 1.807) is 11.3 Å². The number of thiazole rings is 1. The molecule has 0 radical (unpaired) electrons. The van der Waals surface area contributed by atoms with Crippen LogP contribution in [0.5, 0.6) is 0 Å². The Kier molecular flexibility index (Phi) is 4.22. The number of aromatic nitrogens is 1. The normalized spacial score (nSPS) is 16.3. The van der Waals surface area contributed by atoms with Crippen molar-refractivity contribution in [1.82, 2.24) is 10.3 Å². The quantitative estimate of drug-likeness (QED) is 0.740. The minimum Gasteiger partial charge on any atom is -0.317 e. The molecule has 3 aromatic rings. The molecule has 0 unspecified atom stereocenters. The molecule has 0 amide bonds. The van der Waals surface area contributed by atoms with E-state index in [9.17, 15) is 0 Å². The van der Waals surface area contributed by atoms with Gasteiger partial charge in [0.15, 0.2) is 0 Å². The first kappa shape index (κ1) is 14.6. The smallest absolute Gasteiger partial charge is 0.0964 e. The monoisotopic (exact) mass is 320 g/mol. The van der Waals surface area contributed by atoms with E-state index in [0.717, 1.165) is 18.8 Å². The zero-order chi connectivity index (χ0) is 15.5. The maximum absolute atomic E-state index is 4.83. The second kappa shape index (κ2) is 6.65. The van der Waals surface area contributed by atoms with Gasteiger partial charge in [-0.05, 0) is 48.3 Å². The Morgan fingerprint density at radius 1 is 1.00 bits per heavy atom. The minimum absolute atomic E-state index is 0.640. The lowest BCUT2D eigenvalue weighted by Crippen LogP contribution is -2.26. The van der Waals surface area contributed by atoms with Crippen molar-refractivity contribution >= 4 is 34.3 Å². The van der Waals surface area contributed by atoms with E-state index in [1.165, 1.54) is 34.2 Å². The lowest BCUT2D eigenvalue weighted by Gasteiger charge is -2.20. The number of hydrogen-bond acceptors (Lipinski definition) is 3. The molecular formula is C20H20N2S. The van der Waals surface area contributed by atoms with Crippen LogP contribution in [0, 0.1) is 0 Å². The molecule has 3 heteroatoms. The van der Waals surface area contributed by atoms with Crippen LogP contribution in [0.15, 0.2) is 47.8 Å². The van der Waals surface area contributed by atoms with Crippen LogP contribution in [-0.2, 0) is 0 Å². The fourth-order valence-electron chi connectivity index (χ4n) is 3.20. The number of hydrogen-bond donors (Lipinski definition) is 1. The zero-order valence-corrected chi connectivity index (χ0v) is 13.9. The zero-order valence-electron chi connectivity index (χ0n) is 13.0. The van der Waals surface area contributed by atoms with Gasteiger partial charge in [-0.25, -0.2) is 4.98 Å². The highest BCUT2D eigenvalue weighted by Crippen LogP contribution is 2.28. The molecule has 1 aliphatic rings. The summed E-state index contributed by atoms with van der Waals surface area (Å²) >= 11 is 1.80. The molecule has 0 bridgehead atoms. The molecule has 0 aliphatic carbocycles. The average molecular weight is 320 g/mol. The number of nitrogens with zero attached hydrogens (tertiary/aromatic N) is 1. The molecule has 1 aliphatic heterocycles. The molecule has 2 aromatic carbocycles. The molecule has 0 saturated carbocycles. The van der Waals surface area contributed by atoms with Crippen LogP contribution in [0.4, 0.5) is 0 Å². The Bertz CT molecular complexity index is 823. The summed E-state index contributed by atoms with van der Waals surface area (Å²) in [4.78, 5) is 4.83. The summed E-state index contributed by atoms with van der Waals surface area (Å²) in [6.07, 6.45) is 6.74. The van der Waals surface area contributed by atoms with Gasteiger partial charge in [0.05, 0.1) is 10.7 Å². The lowest BCUT2D eigenvalue weighted by molar-refractivity contribution is 0.459. The van der Waals surface area contributed by atoms with Crippen molar-refractivity contribution in [3.05, 3.63) is 64.1 Å². The van der Waals surface area contributed by atoms with Crippen molar-refractivity contribution in [2.45, 2.75) is 18.8 Å². The molecule has 116 valence electrons. The summed E-state index contributed by atoms with van der Waals surface area (Å²) in [5.74, 6) is 0.640. The van der Waals surface area contributed by atoms with Crippen molar-refractivity contribution < 1.29 is 0 Å². The van der Waals surface area contributed by atoms with Gasteiger partial charge in [-0.2, -0.15) is 0 Å². The molecule has 4 rings (SSSR count). The number of nitrogens with one attached hydrogen (secondary N) is 1. The summed E-state index contributed by atoms with van der Waals surface area (Å²) in [7, 11) is 0. The van der Waals surface area contributed by atoms with E-state index in [0.29, 0.717) is 5.92 Å². The topological polar surface area (TPSA) is 24.9 Å². The third-order valence-corrected chi connectivity index (χ3v) is 5.51. The molecule has 0 spiro atoms. The molecule has 1 fully saturated rings. The van der Waals surface area contributed by atoms with Gasteiger partial charge in [-0.3, -0.25) is 0 Å². The summed E-state index contributed by atoms with van der Waals surface area (Å²) in [5.41, 5.74) is 2.33. The summed E-state index contributed by atoms with van der Waals surface area (Å²) in [5, 5.41) is 9.47. The highest BCUT2D eigenvalue weighted by Gasteiger charge is 2.17. The van der Waals surface area contributed by atoms with Gasteiger partial charge in [0, 0.05) is 11.3 Å². The Morgan fingerprint density at radius 3 is 2.74 bits per heavy atom. The first-order valence-corrected chi connectivity index (χ1v) is 9.10. The third-order valence-electron chi connectivity index (χ3n) is 4.49. The van der Waals surface area contributed by atoms with Gasteiger partial charge in [0.25, 0.3) is 0 Å². The Hall–Kier alpha value is -1.97. The minimum atomic E-state index is 0.640. The van der Waals surface area contributed by atoms with Crippen LogP contribution in [0.25, 0.3) is 22.9 Å². The second-order valence-corrected chi connectivity index (χ2v) is 6.93. The predicted molar refractivity (Wildman–Crippen MR) is 99.8 cm³/mol. The molecular weight excluding hydrogens is 300 g/mol. The molecule has 2 nitrogen and oxygen atoms in total. The van der Waals surface area contributed by atoms with Crippen LogP contribution in [0.2, 0.25) is 0 Å². The third kappa shape index (κ3) is 3.21. The number of benzene rings is 2. The first-order valence-electron chi connectivity index (χ1n) is 8.22. The van der Waals surface area contributed by atoms with Gasteiger partial charge in [0.2, 0.25) is 0 Å². The first-order chi connectivity index (χ1) is 11.4. The second-order valence-electron chi connectivity index (χ2n) is 6.04. The lowest BCUT2D eigenvalue weighted by atomic mass is 9.99. The van der Waals surface area contributed by atoms with Crippen LogP contribution in [0.1, 0.15) is 35.0 Å². The highest BCUT2D eigenvalue weighted by atomic mass is 32.1. The van der Waals surface area contributed by atoms with Crippen LogP contribution < -0.4 is 5.32 Å². The Balaban J connectivity index is 1.57. The Labute approximate surface area is 140 Å². The van der Waals surface area contributed by atoms with E-state index >= 15 is 0 Å². The molecule has 0 atom stereocenters. The van der Waals surface area contributed by atoms with Gasteiger partial charge in [-0.1, -0.05) is 48.5 Å². The maximum Gasteiger partial charge on any atom is 0.0964 e. The SMILES string of the molecule is C(=C/c1cccc2ccccc12)/c1csc(C2CCNCC2)n1. The van der Waals surface area contributed by atoms with Gasteiger partial charge in [-0.15, -0.1) is 11.3 Å². The van der Waals surface area contributed by atoms with E-state index in [1.807, 2.05) is 0 Å². The van der Waals surface area contributed by atoms with Gasteiger partial charge >= 0.3 is 0 Å². The molecule has 23 heavy (non-hydrogen) atoms. The van der Waals surface area contributed by atoms with Crippen molar-refractivity contribution in [3.8, 4) is 0 Å². The van der Waals surface area contributed by atoms with Gasteiger partial charge < -0.3 is 5.32 Å². The van der Waals surface area contributed by atoms with E-state index in [2.05, 4.69) is 65.3 Å². The van der Waals surface area contributed by atoms with Crippen molar-refractivity contribution in [2.75, 3.05) is 13.1 Å². The van der Waals surface area contributed by atoms with Gasteiger partial charge in [0.1, 0.15) is 0 Å². The summed E-state index contributed by atoms with van der Waals surface area (Å²) < 4.78 is 0. The van der Waals surface area contributed by atoms with Crippen molar-refractivity contribution in [1.29, 1.82) is 0 Å². The fourth-order valence-corrected chi connectivity index (χ4v) is 4.16. The molecule has 1 saturated heterocycles. The highest BCUT2D eigenvalue weighted by molar-refractivity contribution is 7.09. The molecule has 1 N–H and O–H groups in total. The van der Waals surface area contributed by atoms with E-state index in [-0.39, 0.29) is 0 Å². The van der Waals surface area contributed by atoms with Crippen LogP contribution >= 0.6 is 11.3 Å². The summed E-state index contributed by atoms with van der Waals surface area (Å²) in [6.45, 7) is 2.23. The Morgan fingerprint density at radius 2 is 1.83 bits per heavy atom.